The van der Waals surface area contributed by atoms with Gasteiger partial charge in [-0.2, -0.15) is 0 Å². The molecule has 2 heterocycles. The van der Waals surface area contributed by atoms with Gasteiger partial charge in [-0.3, -0.25) is 0 Å². The van der Waals surface area contributed by atoms with Crippen LogP contribution >= 0.6 is 0 Å². The van der Waals surface area contributed by atoms with Crippen LogP contribution in [0.4, 0.5) is 11.6 Å². The number of aromatic nitrogens is 2. The zero-order valence-electron chi connectivity index (χ0n) is 14.6. The van der Waals surface area contributed by atoms with Crippen molar-refractivity contribution in [3.63, 3.8) is 0 Å². The summed E-state index contributed by atoms with van der Waals surface area (Å²) in [6.07, 6.45) is 5.22. The highest BCUT2D eigenvalue weighted by Gasteiger charge is 2.13. The average Bonchev–Trinajstić information content (AvgIpc) is 3.11. The Balaban J connectivity index is 0.000000242. The standard InChI is InChI=1S/C13H12N4.C5H11N3/c1-2-4-10(5-3-1)8-15-13-11-6-7-14-12(11)16-9-17-13;1-5(2)3-4-7-8-6/h1-5,7,9H,6,8H2,(H,15,16,17);5H,3-4H2,1-2H3. The number of benzene rings is 1. The summed E-state index contributed by atoms with van der Waals surface area (Å²) >= 11 is 0. The Labute approximate surface area is 147 Å². The number of fused-ring (bicyclic) bond motifs is 1. The lowest BCUT2D eigenvalue weighted by atomic mass is 10.1. The van der Waals surface area contributed by atoms with Gasteiger partial charge in [0.15, 0.2) is 5.82 Å². The van der Waals surface area contributed by atoms with Gasteiger partial charge in [-0.25, -0.2) is 15.0 Å². The first-order chi connectivity index (χ1) is 12.2. The first kappa shape index (κ1) is 18.4. The first-order valence-corrected chi connectivity index (χ1v) is 8.35. The fourth-order valence-corrected chi connectivity index (χ4v) is 2.22. The second kappa shape index (κ2) is 10.1. The summed E-state index contributed by atoms with van der Waals surface area (Å²) in [5.74, 6) is 2.31. The van der Waals surface area contributed by atoms with Crippen molar-refractivity contribution in [2.45, 2.75) is 33.2 Å². The lowest BCUT2D eigenvalue weighted by molar-refractivity contribution is 0.595. The molecule has 25 heavy (non-hydrogen) atoms. The molecule has 1 aliphatic rings. The minimum atomic E-state index is 0.633. The summed E-state index contributed by atoms with van der Waals surface area (Å²) in [6, 6.07) is 10.3. The van der Waals surface area contributed by atoms with E-state index in [9.17, 15) is 0 Å². The summed E-state index contributed by atoms with van der Waals surface area (Å²) in [5, 5.41) is 6.72. The number of anilines is 1. The molecule has 3 rings (SSSR count). The van der Waals surface area contributed by atoms with Crippen molar-refractivity contribution in [2.75, 3.05) is 11.9 Å². The number of hydrogen-bond donors (Lipinski definition) is 1. The molecule has 0 fully saturated rings. The maximum atomic E-state index is 7.84. The molecule has 0 bridgehead atoms. The zero-order chi connectivity index (χ0) is 17.9. The predicted octanol–water partition coefficient (Wildman–Crippen LogP) is 4.69. The number of rotatable bonds is 6. The molecule has 7 heteroatoms. The lowest BCUT2D eigenvalue weighted by Gasteiger charge is -2.08. The summed E-state index contributed by atoms with van der Waals surface area (Å²) in [6.45, 7) is 5.61. The summed E-state index contributed by atoms with van der Waals surface area (Å²) in [5.41, 5.74) is 10.2. The molecule has 1 aliphatic heterocycles. The largest absolute Gasteiger partial charge is 0.366 e. The van der Waals surface area contributed by atoms with E-state index in [0.29, 0.717) is 12.5 Å². The Bertz CT molecular complexity index is 734. The van der Waals surface area contributed by atoms with Crippen molar-refractivity contribution < 1.29 is 0 Å². The molecule has 0 aliphatic carbocycles. The third-order valence-electron chi connectivity index (χ3n) is 3.60. The molecule has 1 aromatic carbocycles. The molecule has 0 unspecified atom stereocenters. The Kier molecular flexibility index (Phi) is 7.41. The van der Waals surface area contributed by atoms with Crippen LogP contribution in [0.25, 0.3) is 10.4 Å². The highest BCUT2D eigenvalue weighted by Crippen LogP contribution is 2.26. The zero-order valence-corrected chi connectivity index (χ0v) is 14.6. The van der Waals surface area contributed by atoms with Gasteiger partial charge in [0.2, 0.25) is 0 Å². The third kappa shape index (κ3) is 6.24. The molecule has 7 nitrogen and oxygen atoms in total. The van der Waals surface area contributed by atoms with Crippen LogP contribution in [0, 0.1) is 5.92 Å². The van der Waals surface area contributed by atoms with Crippen molar-refractivity contribution >= 4 is 17.9 Å². The fourth-order valence-electron chi connectivity index (χ4n) is 2.22. The number of nitrogens with zero attached hydrogens (tertiary/aromatic N) is 6. The maximum absolute atomic E-state index is 7.84. The average molecular weight is 337 g/mol. The molecular weight excluding hydrogens is 314 g/mol. The minimum Gasteiger partial charge on any atom is -0.366 e. The van der Waals surface area contributed by atoms with E-state index < -0.39 is 0 Å². The van der Waals surface area contributed by atoms with Crippen LogP contribution in [-0.2, 0) is 13.0 Å². The molecule has 0 amide bonds. The monoisotopic (exact) mass is 337 g/mol. The van der Waals surface area contributed by atoms with Crippen molar-refractivity contribution in [2.24, 2.45) is 16.0 Å². The summed E-state index contributed by atoms with van der Waals surface area (Å²) in [4.78, 5) is 15.2. The number of azide groups is 1. The van der Waals surface area contributed by atoms with Crippen LogP contribution in [0.1, 0.15) is 31.4 Å². The molecule has 0 radical (unpaired) electrons. The Hall–Kier alpha value is -2.92. The fraction of sp³-hybridized carbons (Fsp3) is 0.389. The van der Waals surface area contributed by atoms with E-state index in [1.165, 1.54) is 5.56 Å². The number of aliphatic imine (C=N–C) groups is 1. The lowest BCUT2D eigenvalue weighted by Crippen LogP contribution is -2.04. The Morgan fingerprint density at radius 2 is 2.04 bits per heavy atom. The van der Waals surface area contributed by atoms with Crippen LogP contribution in [0.15, 0.2) is 46.8 Å². The molecule has 0 atom stereocenters. The molecule has 1 aromatic heterocycles. The van der Waals surface area contributed by atoms with E-state index in [1.54, 1.807) is 6.33 Å². The van der Waals surface area contributed by atoms with E-state index in [1.807, 2.05) is 24.4 Å². The molecule has 1 N–H and O–H groups in total. The minimum absolute atomic E-state index is 0.633. The first-order valence-electron chi connectivity index (χ1n) is 8.35. The second-order valence-corrected chi connectivity index (χ2v) is 6.02. The van der Waals surface area contributed by atoms with Crippen molar-refractivity contribution in [3.05, 3.63) is 58.2 Å². The topological polar surface area (TPSA) is 98.9 Å². The van der Waals surface area contributed by atoms with Gasteiger partial charge in [-0.1, -0.05) is 49.3 Å². The molecular formula is C18H23N7. The van der Waals surface area contributed by atoms with Gasteiger partial charge in [0.05, 0.1) is 0 Å². The molecule has 2 aromatic rings. The SMILES string of the molecule is C1=Nc2ncnc(NCc3ccccc3)c2C1.CC(C)CCN=[N+]=[N-]. The molecule has 0 saturated carbocycles. The van der Waals surface area contributed by atoms with E-state index in [4.69, 9.17) is 5.53 Å². The van der Waals surface area contributed by atoms with Gasteiger partial charge in [0.25, 0.3) is 0 Å². The van der Waals surface area contributed by atoms with E-state index in [0.717, 1.165) is 36.6 Å². The number of hydrogen-bond acceptors (Lipinski definition) is 5. The molecule has 0 spiro atoms. The van der Waals surface area contributed by atoms with E-state index >= 15 is 0 Å². The molecule has 130 valence electrons. The van der Waals surface area contributed by atoms with Crippen LogP contribution in [-0.4, -0.2) is 22.7 Å². The van der Waals surface area contributed by atoms with Crippen LogP contribution in [0.5, 0.6) is 0 Å². The second-order valence-electron chi connectivity index (χ2n) is 6.02. The maximum Gasteiger partial charge on any atom is 0.160 e. The van der Waals surface area contributed by atoms with Gasteiger partial charge in [0.1, 0.15) is 12.1 Å². The molecule has 0 saturated heterocycles. The van der Waals surface area contributed by atoms with E-state index in [-0.39, 0.29) is 0 Å². The normalized spacial score (nSPS) is 11.3. The Morgan fingerprint density at radius 3 is 2.76 bits per heavy atom. The Morgan fingerprint density at radius 1 is 1.24 bits per heavy atom. The van der Waals surface area contributed by atoms with Crippen LogP contribution in [0.2, 0.25) is 0 Å². The van der Waals surface area contributed by atoms with Gasteiger partial charge >= 0.3 is 0 Å². The van der Waals surface area contributed by atoms with Gasteiger partial charge < -0.3 is 5.32 Å². The van der Waals surface area contributed by atoms with Crippen molar-refractivity contribution in [1.82, 2.24) is 9.97 Å². The predicted molar refractivity (Wildman–Crippen MR) is 101 cm³/mol. The van der Waals surface area contributed by atoms with Crippen molar-refractivity contribution in [1.29, 1.82) is 0 Å². The van der Waals surface area contributed by atoms with Gasteiger partial charge in [-0.05, 0) is 23.4 Å². The highest BCUT2D eigenvalue weighted by molar-refractivity contribution is 5.77. The third-order valence-corrected chi connectivity index (χ3v) is 3.60. The van der Waals surface area contributed by atoms with Crippen molar-refractivity contribution in [3.8, 4) is 0 Å². The van der Waals surface area contributed by atoms with E-state index in [2.05, 4.69) is 56.3 Å². The highest BCUT2D eigenvalue weighted by atomic mass is 15.1. The smallest absolute Gasteiger partial charge is 0.160 e. The van der Waals surface area contributed by atoms with Crippen LogP contribution in [0.3, 0.4) is 0 Å². The van der Waals surface area contributed by atoms with Gasteiger partial charge in [-0.15, -0.1) is 0 Å². The summed E-state index contributed by atoms with van der Waals surface area (Å²) in [7, 11) is 0. The quantitative estimate of drug-likeness (QED) is 0.470. The van der Waals surface area contributed by atoms with Gasteiger partial charge in [0, 0.05) is 36.2 Å². The van der Waals surface area contributed by atoms with Crippen LogP contribution < -0.4 is 5.32 Å². The number of nitrogens with one attached hydrogen (secondary N) is 1. The summed E-state index contributed by atoms with van der Waals surface area (Å²) < 4.78 is 0.